The molecule has 0 unspecified atom stereocenters. The van der Waals surface area contributed by atoms with Crippen LogP contribution in [0, 0.1) is 24.4 Å². The number of likely N-dealkylation sites (tertiary alicyclic amines) is 1. The molecule has 1 aliphatic rings. The van der Waals surface area contributed by atoms with Crippen molar-refractivity contribution in [3.8, 4) is 11.3 Å². The van der Waals surface area contributed by atoms with Crippen LogP contribution >= 0.6 is 0 Å². The van der Waals surface area contributed by atoms with Gasteiger partial charge in [0, 0.05) is 25.7 Å². The van der Waals surface area contributed by atoms with Crippen LogP contribution in [-0.4, -0.2) is 44.9 Å². The minimum absolute atomic E-state index is 0.0392. The second-order valence-electron chi connectivity index (χ2n) is 9.26. The molecule has 8 nitrogen and oxygen atoms in total. The van der Waals surface area contributed by atoms with Gasteiger partial charge in [0.25, 0.3) is 5.91 Å². The summed E-state index contributed by atoms with van der Waals surface area (Å²) < 4.78 is 47.6. The summed E-state index contributed by atoms with van der Waals surface area (Å²) in [5.41, 5.74) is 0.159. The highest BCUT2D eigenvalue weighted by Gasteiger charge is 2.25. The van der Waals surface area contributed by atoms with Crippen LogP contribution < -0.4 is 5.32 Å². The van der Waals surface area contributed by atoms with Gasteiger partial charge in [-0.05, 0) is 60.7 Å². The quantitative estimate of drug-likeness (QED) is 0.371. The minimum atomic E-state index is -0.980. The third kappa shape index (κ3) is 5.82. The molecule has 1 N–H and O–H groups in total. The zero-order valence-corrected chi connectivity index (χ0v) is 21.0. The average Bonchev–Trinajstić information content (AvgIpc) is 3.34. The van der Waals surface area contributed by atoms with Crippen molar-refractivity contribution in [1.29, 1.82) is 0 Å². The number of anilines is 1. The Morgan fingerprint density at radius 2 is 1.64 bits per heavy atom. The third-order valence-electron chi connectivity index (χ3n) is 6.64. The van der Waals surface area contributed by atoms with Crippen molar-refractivity contribution < 1.29 is 27.3 Å². The number of nitrogens with one attached hydrogen (secondary N) is 1. The molecule has 0 bridgehead atoms. The van der Waals surface area contributed by atoms with Crippen molar-refractivity contribution in [3.63, 3.8) is 0 Å². The Morgan fingerprint density at radius 1 is 0.949 bits per heavy atom. The Hall–Kier alpha value is -4.54. The lowest BCUT2D eigenvalue weighted by atomic mass is 9.89. The lowest BCUT2D eigenvalue weighted by molar-refractivity contribution is -0.131. The van der Waals surface area contributed by atoms with Crippen LogP contribution in [0.2, 0.25) is 0 Å². The highest BCUT2D eigenvalue weighted by atomic mass is 19.1. The zero-order chi connectivity index (χ0) is 27.5. The first-order valence-corrected chi connectivity index (χ1v) is 12.4. The van der Waals surface area contributed by atoms with Crippen LogP contribution in [0.5, 0.6) is 0 Å². The molecule has 11 heteroatoms. The molecule has 200 valence electrons. The Morgan fingerprint density at radius 3 is 2.28 bits per heavy atom. The summed E-state index contributed by atoms with van der Waals surface area (Å²) in [5.74, 6) is -2.54. The Kier molecular flexibility index (Phi) is 7.40. The molecular formula is C28H24F3N5O3. The van der Waals surface area contributed by atoms with Gasteiger partial charge in [0.2, 0.25) is 11.8 Å². The predicted octanol–water partition coefficient (Wildman–Crippen LogP) is 5.06. The van der Waals surface area contributed by atoms with E-state index < -0.39 is 34.6 Å². The summed E-state index contributed by atoms with van der Waals surface area (Å²) in [6, 6.07) is 12.5. The SMILES string of the molecule is Cc1nc(CC(=O)N2CCC(c3ccc(NC(=O)c4ccc(F)c(-c5c(F)cccc5F)n4)cc3)CC2)no1. The molecule has 0 saturated carbocycles. The maximum absolute atomic E-state index is 14.3. The summed E-state index contributed by atoms with van der Waals surface area (Å²) in [4.78, 5) is 35.1. The normalized spacial score (nSPS) is 13.9. The molecule has 39 heavy (non-hydrogen) atoms. The van der Waals surface area contributed by atoms with Gasteiger partial charge in [0.1, 0.15) is 28.8 Å². The highest BCUT2D eigenvalue weighted by molar-refractivity contribution is 6.03. The van der Waals surface area contributed by atoms with Crippen molar-refractivity contribution in [2.24, 2.45) is 0 Å². The number of benzene rings is 2. The first-order valence-electron chi connectivity index (χ1n) is 12.4. The number of rotatable bonds is 6. The van der Waals surface area contributed by atoms with Gasteiger partial charge in [-0.15, -0.1) is 0 Å². The molecular weight excluding hydrogens is 511 g/mol. The summed E-state index contributed by atoms with van der Waals surface area (Å²) in [6.07, 6.45) is 1.69. The number of hydrogen-bond donors (Lipinski definition) is 1. The topological polar surface area (TPSA) is 101 Å². The van der Waals surface area contributed by atoms with Crippen LogP contribution in [-0.2, 0) is 11.2 Å². The van der Waals surface area contributed by atoms with E-state index in [1.165, 1.54) is 0 Å². The van der Waals surface area contributed by atoms with E-state index in [-0.39, 0.29) is 23.9 Å². The van der Waals surface area contributed by atoms with Crippen molar-refractivity contribution in [3.05, 3.63) is 95.0 Å². The zero-order valence-electron chi connectivity index (χ0n) is 21.0. The van der Waals surface area contributed by atoms with Crippen LogP contribution in [0.15, 0.2) is 59.1 Å². The molecule has 2 amide bonds. The minimum Gasteiger partial charge on any atom is -0.342 e. The summed E-state index contributed by atoms with van der Waals surface area (Å²) in [7, 11) is 0. The Labute approximate surface area is 221 Å². The van der Waals surface area contributed by atoms with Gasteiger partial charge < -0.3 is 14.7 Å². The van der Waals surface area contributed by atoms with Crippen LogP contribution in [0.4, 0.5) is 18.9 Å². The second-order valence-corrected chi connectivity index (χ2v) is 9.26. The fourth-order valence-electron chi connectivity index (χ4n) is 4.62. The van der Waals surface area contributed by atoms with Gasteiger partial charge >= 0.3 is 0 Å². The molecule has 0 atom stereocenters. The molecule has 1 saturated heterocycles. The molecule has 0 aliphatic carbocycles. The van der Waals surface area contributed by atoms with Crippen molar-refractivity contribution in [2.75, 3.05) is 18.4 Å². The molecule has 5 rings (SSSR count). The van der Waals surface area contributed by atoms with Gasteiger partial charge in [-0.3, -0.25) is 9.59 Å². The van der Waals surface area contributed by atoms with Gasteiger partial charge in [-0.1, -0.05) is 23.4 Å². The van der Waals surface area contributed by atoms with E-state index in [1.807, 2.05) is 12.1 Å². The van der Waals surface area contributed by atoms with Crippen molar-refractivity contribution in [1.82, 2.24) is 20.0 Å². The number of aryl methyl sites for hydroxylation is 1. The molecule has 0 radical (unpaired) electrons. The lowest BCUT2D eigenvalue weighted by Crippen LogP contribution is -2.38. The summed E-state index contributed by atoms with van der Waals surface area (Å²) in [6.45, 7) is 2.90. The van der Waals surface area contributed by atoms with Crippen LogP contribution in [0.1, 0.15) is 46.5 Å². The van der Waals surface area contributed by atoms with E-state index in [1.54, 1.807) is 24.0 Å². The predicted molar refractivity (Wildman–Crippen MR) is 135 cm³/mol. The number of piperidine rings is 1. The standard InChI is InChI=1S/C28H24F3N5O3/c1-16-32-24(35-39-16)15-25(37)36-13-11-18(12-14-36)17-5-7-19(8-6-17)33-28(38)23-10-9-22(31)27(34-23)26-20(29)3-2-4-21(26)30/h2-10,18H,11-15H2,1H3,(H,33,38). The van der Waals surface area contributed by atoms with Crippen LogP contribution in [0.3, 0.4) is 0 Å². The van der Waals surface area contributed by atoms with Gasteiger partial charge in [-0.25, -0.2) is 18.2 Å². The highest BCUT2D eigenvalue weighted by Crippen LogP contribution is 2.30. The summed E-state index contributed by atoms with van der Waals surface area (Å²) >= 11 is 0. The lowest BCUT2D eigenvalue weighted by Gasteiger charge is -2.32. The van der Waals surface area contributed by atoms with E-state index >= 15 is 0 Å². The van der Waals surface area contributed by atoms with Gasteiger partial charge in [0.15, 0.2) is 5.82 Å². The van der Waals surface area contributed by atoms with E-state index in [4.69, 9.17) is 4.52 Å². The Bertz CT molecular complexity index is 1500. The largest absolute Gasteiger partial charge is 0.342 e. The molecule has 1 aliphatic heterocycles. The number of pyridine rings is 1. The maximum Gasteiger partial charge on any atom is 0.274 e. The van der Waals surface area contributed by atoms with Crippen molar-refractivity contribution in [2.45, 2.75) is 32.1 Å². The monoisotopic (exact) mass is 535 g/mol. The smallest absolute Gasteiger partial charge is 0.274 e. The van der Waals surface area contributed by atoms with Crippen LogP contribution in [0.25, 0.3) is 11.3 Å². The first kappa shape index (κ1) is 26.1. The number of aromatic nitrogens is 3. The fourth-order valence-corrected chi connectivity index (χ4v) is 4.62. The number of hydrogen-bond acceptors (Lipinski definition) is 6. The number of amides is 2. The summed E-state index contributed by atoms with van der Waals surface area (Å²) in [5, 5.41) is 6.45. The molecule has 4 aromatic rings. The molecule has 0 spiro atoms. The number of nitrogens with zero attached hydrogens (tertiary/aromatic N) is 4. The third-order valence-corrected chi connectivity index (χ3v) is 6.64. The van der Waals surface area contributed by atoms with Gasteiger partial charge in [-0.2, -0.15) is 4.98 Å². The van der Waals surface area contributed by atoms with E-state index in [0.29, 0.717) is 30.5 Å². The molecule has 2 aromatic heterocycles. The van der Waals surface area contributed by atoms with E-state index in [9.17, 15) is 22.8 Å². The Balaban J connectivity index is 1.20. The van der Waals surface area contributed by atoms with E-state index in [2.05, 4.69) is 20.4 Å². The maximum atomic E-state index is 14.3. The first-order chi connectivity index (χ1) is 18.8. The number of carbonyl (C=O) groups is 2. The number of halogens is 3. The number of carbonyl (C=O) groups excluding carboxylic acids is 2. The molecule has 1 fully saturated rings. The van der Waals surface area contributed by atoms with Gasteiger partial charge in [0.05, 0.1) is 12.0 Å². The average molecular weight is 536 g/mol. The fraction of sp³-hybridized carbons (Fsp3) is 0.250. The second kappa shape index (κ2) is 11.1. The molecule has 3 heterocycles. The molecule has 2 aromatic carbocycles. The van der Waals surface area contributed by atoms with E-state index in [0.717, 1.165) is 48.7 Å². The van der Waals surface area contributed by atoms with Crippen molar-refractivity contribution >= 4 is 17.5 Å².